The van der Waals surface area contributed by atoms with E-state index in [1.54, 1.807) is 0 Å². The van der Waals surface area contributed by atoms with E-state index in [-0.39, 0.29) is 0 Å². The summed E-state index contributed by atoms with van der Waals surface area (Å²) in [5.41, 5.74) is 0. The largest absolute Gasteiger partial charge is 0.310 e. The van der Waals surface area contributed by atoms with Gasteiger partial charge in [-0.1, -0.05) is 0 Å². The second-order valence-corrected chi connectivity index (χ2v) is 6.57. The summed E-state index contributed by atoms with van der Waals surface area (Å²) < 4.78 is 0. The molecule has 1 saturated carbocycles. The number of rotatable bonds is 4. The van der Waals surface area contributed by atoms with Crippen LogP contribution < -0.4 is 5.32 Å². The maximum Gasteiger partial charge on any atom is 0.0209 e. The number of likely N-dealkylation sites (tertiary alicyclic amines) is 1. The van der Waals surface area contributed by atoms with E-state index in [1.807, 2.05) is 0 Å². The molecule has 3 aliphatic rings. The van der Waals surface area contributed by atoms with Gasteiger partial charge in [0.25, 0.3) is 0 Å². The fourth-order valence-corrected chi connectivity index (χ4v) is 4.08. The van der Waals surface area contributed by atoms with Crippen molar-refractivity contribution < 1.29 is 0 Å². The Balaban J connectivity index is 1.39. The van der Waals surface area contributed by atoms with Crippen LogP contribution in [0.1, 0.15) is 25.7 Å². The fourth-order valence-electron chi connectivity index (χ4n) is 2.81. The molecule has 1 aliphatic carbocycles. The topological polar surface area (TPSA) is 15.3 Å². The number of nitrogens with zero attached hydrogens (tertiary/aromatic N) is 1. The Labute approximate surface area is 97.2 Å². The lowest BCUT2D eigenvalue weighted by Crippen LogP contribution is -2.35. The summed E-state index contributed by atoms with van der Waals surface area (Å²) in [6.07, 6.45) is 5.70. The molecule has 3 fully saturated rings. The normalized spacial score (nSPS) is 37.6. The highest BCUT2D eigenvalue weighted by atomic mass is 32.2. The second kappa shape index (κ2) is 4.64. The zero-order chi connectivity index (χ0) is 10.1. The highest BCUT2D eigenvalue weighted by Gasteiger charge is 2.30. The summed E-state index contributed by atoms with van der Waals surface area (Å²) in [6, 6.07) is 1.70. The van der Waals surface area contributed by atoms with Gasteiger partial charge in [0.2, 0.25) is 0 Å². The number of nitrogens with one attached hydrogen (secondary N) is 1. The van der Waals surface area contributed by atoms with Crippen LogP contribution >= 0.6 is 11.8 Å². The van der Waals surface area contributed by atoms with Crippen LogP contribution in [0.4, 0.5) is 0 Å². The van der Waals surface area contributed by atoms with Crippen molar-refractivity contribution in [2.75, 3.05) is 31.1 Å². The van der Waals surface area contributed by atoms with Gasteiger partial charge in [-0.15, -0.1) is 0 Å². The molecule has 15 heavy (non-hydrogen) atoms. The van der Waals surface area contributed by atoms with E-state index >= 15 is 0 Å². The summed E-state index contributed by atoms with van der Waals surface area (Å²) in [7, 11) is 0. The Morgan fingerprint density at radius 1 is 1.13 bits per heavy atom. The van der Waals surface area contributed by atoms with Crippen LogP contribution in [0.3, 0.4) is 0 Å². The summed E-state index contributed by atoms with van der Waals surface area (Å²) in [6.45, 7) is 4.03. The van der Waals surface area contributed by atoms with Gasteiger partial charge in [-0.2, -0.15) is 11.8 Å². The highest BCUT2D eigenvalue weighted by Crippen LogP contribution is 2.26. The molecule has 2 atom stereocenters. The predicted octanol–water partition coefficient (Wildman–Crippen LogP) is 1.57. The van der Waals surface area contributed by atoms with Crippen LogP contribution in [0.25, 0.3) is 0 Å². The molecule has 86 valence electrons. The molecule has 2 heterocycles. The molecule has 0 amide bonds. The third-order valence-corrected chi connectivity index (χ3v) is 5.09. The summed E-state index contributed by atoms with van der Waals surface area (Å²) >= 11 is 2.14. The number of hydrogen-bond acceptors (Lipinski definition) is 3. The third kappa shape index (κ3) is 2.89. The molecule has 0 aromatic carbocycles. The van der Waals surface area contributed by atoms with Crippen LogP contribution in [0.2, 0.25) is 0 Å². The lowest BCUT2D eigenvalue weighted by molar-refractivity contribution is 0.283. The van der Waals surface area contributed by atoms with Gasteiger partial charge in [-0.25, -0.2) is 0 Å². The summed E-state index contributed by atoms with van der Waals surface area (Å²) in [5, 5.41) is 3.76. The molecule has 3 rings (SSSR count). The Hall–Kier alpha value is 0.270. The van der Waals surface area contributed by atoms with Crippen molar-refractivity contribution in [3.05, 3.63) is 0 Å². The molecular formula is C12H22N2S. The van der Waals surface area contributed by atoms with E-state index < -0.39 is 0 Å². The fraction of sp³-hybridized carbons (Fsp3) is 1.00. The lowest BCUT2D eigenvalue weighted by atomic mass is 10.1. The van der Waals surface area contributed by atoms with E-state index in [0.29, 0.717) is 0 Å². The van der Waals surface area contributed by atoms with Gasteiger partial charge in [0.1, 0.15) is 0 Å². The van der Waals surface area contributed by atoms with Crippen molar-refractivity contribution in [1.82, 2.24) is 10.2 Å². The maximum atomic E-state index is 3.76. The minimum Gasteiger partial charge on any atom is -0.310 e. The zero-order valence-electron chi connectivity index (χ0n) is 9.45. The quantitative estimate of drug-likeness (QED) is 0.783. The molecule has 1 N–H and O–H groups in total. The van der Waals surface area contributed by atoms with Crippen LogP contribution in [0, 0.1) is 5.92 Å². The van der Waals surface area contributed by atoms with E-state index in [9.17, 15) is 0 Å². The maximum absolute atomic E-state index is 3.76. The predicted molar refractivity (Wildman–Crippen MR) is 66.4 cm³/mol. The first-order valence-electron chi connectivity index (χ1n) is 6.46. The minimum absolute atomic E-state index is 0.812. The SMILES string of the molecule is C1CC(CN2CCC(NC3CC3)C2)CS1. The van der Waals surface area contributed by atoms with Crippen molar-refractivity contribution in [3.63, 3.8) is 0 Å². The van der Waals surface area contributed by atoms with Crippen molar-refractivity contribution in [2.45, 2.75) is 37.8 Å². The van der Waals surface area contributed by atoms with E-state index in [4.69, 9.17) is 0 Å². The van der Waals surface area contributed by atoms with Gasteiger partial charge in [0.15, 0.2) is 0 Å². The summed E-state index contributed by atoms with van der Waals surface area (Å²) in [5.74, 6) is 3.81. The third-order valence-electron chi connectivity index (χ3n) is 3.86. The molecule has 2 nitrogen and oxygen atoms in total. The molecule has 0 bridgehead atoms. The highest BCUT2D eigenvalue weighted by molar-refractivity contribution is 7.99. The molecule has 2 saturated heterocycles. The Bertz CT molecular complexity index is 212. The van der Waals surface area contributed by atoms with Crippen LogP contribution in [-0.4, -0.2) is 48.1 Å². The standard InChI is InChI=1S/C12H22N2S/c1-2-11(1)13-12-3-5-14(8-12)7-10-4-6-15-9-10/h10-13H,1-9H2. The monoisotopic (exact) mass is 226 g/mol. The first kappa shape index (κ1) is 10.4. The first-order valence-corrected chi connectivity index (χ1v) is 7.62. The van der Waals surface area contributed by atoms with Crippen LogP contribution in [0.5, 0.6) is 0 Å². The molecule has 0 aromatic rings. The molecule has 0 spiro atoms. The molecule has 2 aliphatic heterocycles. The van der Waals surface area contributed by atoms with Gasteiger partial charge < -0.3 is 10.2 Å². The zero-order valence-corrected chi connectivity index (χ0v) is 10.3. The number of hydrogen-bond donors (Lipinski definition) is 1. The van der Waals surface area contributed by atoms with Crippen LogP contribution in [-0.2, 0) is 0 Å². The second-order valence-electron chi connectivity index (χ2n) is 5.42. The Morgan fingerprint density at radius 2 is 2.07 bits per heavy atom. The van der Waals surface area contributed by atoms with Gasteiger partial charge in [0, 0.05) is 25.2 Å². The number of thioether (sulfide) groups is 1. The first-order chi connectivity index (χ1) is 7.40. The average Bonchev–Trinajstić information content (AvgIpc) is 2.74. The van der Waals surface area contributed by atoms with Crippen molar-refractivity contribution in [2.24, 2.45) is 5.92 Å². The van der Waals surface area contributed by atoms with Gasteiger partial charge in [-0.05, 0) is 49.7 Å². The minimum atomic E-state index is 0.812. The van der Waals surface area contributed by atoms with Crippen molar-refractivity contribution in [3.8, 4) is 0 Å². The van der Waals surface area contributed by atoms with Gasteiger partial charge >= 0.3 is 0 Å². The van der Waals surface area contributed by atoms with Crippen molar-refractivity contribution >= 4 is 11.8 Å². The molecule has 0 radical (unpaired) electrons. The average molecular weight is 226 g/mol. The summed E-state index contributed by atoms with van der Waals surface area (Å²) in [4.78, 5) is 2.69. The Morgan fingerprint density at radius 3 is 2.80 bits per heavy atom. The van der Waals surface area contributed by atoms with E-state index in [0.717, 1.165) is 18.0 Å². The van der Waals surface area contributed by atoms with Crippen molar-refractivity contribution in [1.29, 1.82) is 0 Å². The molecular weight excluding hydrogens is 204 g/mol. The van der Waals surface area contributed by atoms with Crippen LogP contribution in [0.15, 0.2) is 0 Å². The van der Waals surface area contributed by atoms with Gasteiger partial charge in [-0.3, -0.25) is 0 Å². The molecule has 3 heteroatoms. The molecule has 0 aromatic heterocycles. The van der Waals surface area contributed by atoms with E-state index in [1.165, 1.54) is 56.8 Å². The Kier molecular flexibility index (Phi) is 3.23. The molecule has 2 unspecified atom stereocenters. The van der Waals surface area contributed by atoms with Gasteiger partial charge in [0.05, 0.1) is 0 Å². The lowest BCUT2D eigenvalue weighted by Gasteiger charge is -2.20. The van der Waals surface area contributed by atoms with E-state index in [2.05, 4.69) is 22.0 Å². The smallest absolute Gasteiger partial charge is 0.0209 e.